The smallest absolute Gasteiger partial charge is 0.250 e. The van der Waals surface area contributed by atoms with Crippen LogP contribution in [0.25, 0.3) is 0 Å². The van der Waals surface area contributed by atoms with Crippen LogP contribution in [0.15, 0.2) is 48.5 Å². The van der Waals surface area contributed by atoms with Gasteiger partial charge in [0.25, 0.3) is 0 Å². The van der Waals surface area contributed by atoms with Crippen LogP contribution in [0.4, 0.5) is 5.69 Å². The van der Waals surface area contributed by atoms with E-state index in [2.05, 4.69) is 10.6 Å². The fourth-order valence-corrected chi connectivity index (χ4v) is 2.22. The predicted molar refractivity (Wildman–Crippen MR) is 94.2 cm³/mol. The Kier molecular flexibility index (Phi) is 7.06. The van der Waals surface area contributed by atoms with Crippen LogP contribution < -0.4 is 10.6 Å². The van der Waals surface area contributed by atoms with Crippen LogP contribution >= 0.6 is 23.2 Å². The van der Waals surface area contributed by atoms with Crippen molar-refractivity contribution in [3.63, 3.8) is 0 Å². The van der Waals surface area contributed by atoms with Gasteiger partial charge in [0.15, 0.2) is 0 Å². The second-order valence-corrected chi connectivity index (χ2v) is 5.69. The first kappa shape index (κ1) is 18.3. The van der Waals surface area contributed by atoms with E-state index in [-0.39, 0.29) is 24.1 Å². The lowest BCUT2D eigenvalue weighted by molar-refractivity contribution is -0.128. The van der Waals surface area contributed by atoms with E-state index in [1.54, 1.807) is 18.2 Å². The summed E-state index contributed by atoms with van der Waals surface area (Å²) in [6, 6.07) is 14.4. The Morgan fingerprint density at radius 1 is 0.917 bits per heavy atom. The number of rotatable bonds is 7. The van der Waals surface area contributed by atoms with Crippen molar-refractivity contribution < 1.29 is 14.3 Å². The van der Waals surface area contributed by atoms with Gasteiger partial charge in [-0.25, -0.2) is 0 Å². The third-order valence-corrected chi connectivity index (χ3v) is 3.84. The van der Waals surface area contributed by atoms with Crippen LogP contribution in [0.2, 0.25) is 10.0 Å². The standard InChI is InChI=1S/C17H16Cl2N2O3/c18-13-7-4-8-14(17(13)19)21-16(23)11-24-10-15(22)20-9-12-5-2-1-3-6-12/h1-8H,9-11H2,(H,20,22)(H,21,23). The number of halogens is 2. The van der Waals surface area contributed by atoms with Crippen molar-refractivity contribution in [3.05, 3.63) is 64.1 Å². The highest BCUT2D eigenvalue weighted by atomic mass is 35.5. The van der Waals surface area contributed by atoms with Gasteiger partial charge >= 0.3 is 0 Å². The molecule has 0 saturated carbocycles. The number of nitrogens with one attached hydrogen (secondary N) is 2. The topological polar surface area (TPSA) is 67.4 Å². The number of hydrogen-bond donors (Lipinski definition) is 2. The maximum absolute atomic E-state index is 11.8. The average Bonchev–Trinajstić information content (AvgIpc) is 2.58. The predicted octanol–water partition coefficient (Wildman–Crippen LogP) is 3.26. The summed E-state index contributed by atoms with van der Waals surface area (Å²) in [6.07, 6.45) is 0. The first-order valence-electron chi connectivity index (χ1n) is 7.18. The quantitative estimate of drug-likeness (QED) is 0.789. The molecule has 0 aliphatic heterocycles. The van der Waals surface area contributed by atoms with Crippen molar-refractivity contribution in [1.82, 2.24) is 5.32 Å². The number of anilines is 1. The van der Waals surface area contributed by atoms with Gasteiger partial charge in [-0.1, -0.05) is 59.6 Å². The Morgan fingerprint density at radius 2 is 1.62 bits per heavy atom. The van der Waals surface area contributed by atoms with E-state index in [0.29, 0.717) is 17.3 Å². The van der Waals surface area contributed by atoms with Gasteiger partial charge in [0.05, 0.1) is 15.7 Å². The van der Waals surface area contributed by atoms with E-state index < -0.39 is 5.91 Å². The lowest BCUT2D eigenvalue weighted by atomic mass is 10.2. The van der Waals surface area contributed by atoms with Gasteiger partial charge in [0.1, 0.15) is 13.2 Å². The van der Waals surface area contributed by atoms with Gasteiger partial charge < -0.3 is 15.4 Å². The minimum atomic E-state index is -0.421. The maximum Gasteiger partial charge on any atom is 0.250 e. The summed E-state index contributed by atoms with van der Waals surface area (Å²) in [5, 5.41) is 5.88. The molecule has 126 valence electrons. The third-order valence-electron chi connectivity index (χ3n) is 3.02. The summed E-state index contributed by atoms with van der Waals surface area (Å²) in [5.74, 6) is -0.720. The molecule has 0 aliphatic carbocycles. The summed E-state index contributed by atoms with van der Waals surface area (Å²) in [7, 11) is 0. The molecule has 0 atom stereocenters. The lowest BCUT2D eigenvalue weighted by Gasteiger charge is -2.09. The highest BCUT2D eigenvalue weighted by Crippen LogP contribution is 2.29. The van der Waals surface area contributed by atoms with Gasteiger partial charge in [-0.05, 0) is 17.7 Å². The van der Waals surface area contributed by atoms with Crippen molar-refractivity contribution in [1.29, 1.82) is 0 Å². The first-order valence-corrected chi connectivity index (χ1v) is 7.94. The molecule has 2 aromatic rings. The van der Waals surface area contributed by atoms with Crippen molar-refractivity contribution in [3.8, 4) is 0 Å². The number of ether oxygens (including phenoxy) is 1. The minimum Gasteiger partial charge on any atom is -0.362 e. The third kappa shape index (κ3) is 5.85. The van der Waals surface area contributed by atoms with Crippen LogP contribution in [0.1, 0.15) is 5.56 Å². The van der Waals surface area contributed by atoms with Crippen LogP contribution in [0, 0.1) is 0 Å². The van der Waals surface area contributed by atoms with E-state index in [0.717, 1.165) is 5.56 Å². The molecule has 2 aromatic carbocycles. The van der Waals surface area contributed by atoms with Gasteiger partial charge in [0.2, 0.25) is 11.8 Å². The number of carbonyl (C=O) groups excluding carboxylic acids is 2. The van der Waals surface area contributed by atoms with E-state index in [1.165, 1.54) is 0 Å². The molecule has 0 aromatic heterocycles. The van der Waals surface area contributed by atoms with Crippen molar-refractivity contribution in [2.24, 2.45) is 0 Å². The van der Waals surface area contributed by atoms with E-state index >= 15 is 0 Å². The second-order valence-electron chi connectivity index (χ2n) is 4.90. The Balaban J connectivity index is 1.68. The van der Waals surface area contributed by atoms with E-state index in [4.69, 9.17) is 27.9 Å². The highest BCUT2D eigenvalue weighted by molar-refractivity contribution is 6.43. The Bertz CT molecular complexity index is 708. The molecule has 5 nitrogen and oxygen atoms in total. The molecule has 2 N–H and O–H groups in total. The van der Waals surface area contributed by atoms with Crippen LogP contribution in [0.3, 0.4) is 0 Å². The number of carbonyl (C=O) groups is 2. The summed E-state index contributed by atoms with van der Waals surface area (Å²) in [6.45, 7) is -0.0571. The molecule has 0 aliphatic rings. The van der Waals surface area contributed by atoms with Crippen LogP contribution in [-0.2, 0) is 20.9 Å². The van der Waals surface area contributed by atoms with Gasteiger partial charge in [-0.15, -0.1) is 0 Å². The molecule has 0 saturated heterocycles. The second kappa shape index (κ2) is 9.27. The molecular formula is C17H16Cl2N2O3. The maximum atomic E-state index is 11.8. The number of amides is 2. The summed E-state index contributed by atoms with van der Waals surface area (Å²) in [5.41, 5.74) is 1.38. The number of benzene rings is 2. The normalized spacial score (nSPS) is 10.2. The van der Waals surface area contributed by atoms with Crippen molar-refractivity contribution in [2.75, 3.05) is 18.5 Å². The molecule has 2 amide bonds. The van der Waals surface area contributed by atoms with Crippen LogP contribution in [0.5, 0.6) is 0 Å². The monoisotopic (exact) mass is 366 g/mol. The highest BCUT2D eigenvalue weighted by Gasteiger charge is 2.09. The molecule has 2 rings (SSSR count). The average molecular weight is 367 g/mol. The fraction of sp³-hybridized carbons (Fsp3) is 0.176. The lowest BCUT2D eigenvalue weighted by Crippen LogP contribution is -2.29. The molecular weight excluding hydrogens is 351 g/mol. The fourth-order valence-electron chi connectivity index (χ4n) is 1.87. The van der Waals surface area contributed by atoms with Gasteiger partial charge in [-0.2, -0.15) is 0 Å². The van der Waals surface area contributed by atoms with E-state index in [9.17, 15) is 9.59 Å². The molecule has 7 heteroatoms. The minimum absolute atomic E-state index is 0.205. The first-order chi connectivity index (χ1) is 11.6. The molecule has 0 bridgehead atoms. The zero-order valence-electron chi connectivity index (χ0n) is 12.7. The summed E-state index contributed by atoms with van der Waals surface area (Å²) >= 11 is 11.8. The van der Waals surface area contributed by atoms with Gasteiger partial charge in [-0.3, -0.25) is 9.59 Å². The molecule has 24 heavy (non-hydrogen) atoms. The van der Waals surface area contributed by atoms with Crippen molar-refractivity contribution in [2.45, 2.75) is 6.54 Å². The van der Waals surface area contributed by atoms with Gasteiger partial charge in [0, 0.05) is 6.54 Å². The Hall–Kier alpha value is -2.08. The molecule has 0 unspecified atom stereocenters. The van der Waals surface area contributed by atoms with E-state index in [1.807, 2.05) is 30.3 Å². The SMILES string of the molecule is O=C(COCC(=O)Nc1cccc(Cl)c1Cl)NCc1ccccc1. The molecule has 0 spiro atoms. The van der Waals surface area contributed by atoms with Crippen LogP contribution in [-0.4, -0.2) is 25.0 Å². The summed E-state index contributed by atoms with van der Waals surface area (Å²) < 4.78 is 5.09. The molecule has 0 radical (unpaired) electrons. The zero-order valence-corrected chi connectivity index (χ0v) is 14.2. The molecule has 0 fully saturated rings. The zero-order chi connectivity index (χ0) is 17.4. The Morgan fingerprint density at radius 3 is 2.38 bits per heavy atom. The summed E-state index contributed by atoms with van der Waals surface area (Å²) in [4.78, 5) is 23.4. The Labute approximate surface area is 149 Å². The number of hydrogen-bond acceptors (Lipinski definition) is 3. The largest absolute Gasteiger partial charge is 0.362 e. The van der Waals surface area contributed by atoms with Crippen molar-refractivity contribution >= 4 is 40.7 Å². The molecule has 0 heterocycles.